The molecule has 1 atom stereocenters. The summed E-state index contributed by atoms with van der Waals surface area (Å²) in [5, 5.41) is 1.32. The summed E-state index contributed by atoms with van der Waals surface area (Å²) in [6.45, 7) is 5.20. The van der Waals surface area contributed by atoms with Crippen molar-refractivity contribution in [1.82, 2.24) is 0 Å². The Balaban J connectivity index is 2.40. The molecular formula is C16H24O3Si. The molecule has 0 heterocycles. The minimum atomic E-state index is -1.40. The lowest BCUT2D eigenvalue weighted by Crippen LogP contribution is -2.33. The maximum absolute atomic E-state index is 11.2. The van der Waals surface area contributed by atoms with Gasteiger partial charge in [-0.15, -0.1) is 0 Å². The van der Waals surface area contributed by atoms with E-state index in [1.54, 1.807) is 13.0 Å². The zero-order valence-corrected chi connectivity index (χ0v) is 13.5. The molecular weight excluding hydrogens is 268 g/mol. The molecule has 0 spiro atoms. The molecule has 20 heavy (non-hydrogen) atoms. The van der Waals surface area contributed by atoms with Gasteiger partial charge in [0.2, 0.25) is 9.04 Å². The molecule has 1 rings (SSSR count). The maximum atomic E-state index is 11.2. The van der Waals surface area contributed by atoms with Gasteiger partial charge in [-0.3, -0.25) is 0 Å². The first kappa shape index (κ1) is 16.7. The first-order chi connectivity index (χ1) is 9.77. The second kappa shape index (κ2) is 10.4. The van der Waals surface area contributed by atoms with Gasteiger partial charge < -0.3 is 9.16 Å². The van der Waals surface area contributed by atoms with Crippen LogP contribution in [0.5, 0.6) is 0 Å². The van der Waals surface area contributed by atoms with Gasteiger partial charge in [0.25, 0.3) is 0 Å². The number of hydrogen-bond acceptors (Lipinski definition) is 3. The molecule has 1 aromatic rings. The average Bonchev–Trinajstić information content (AvgIpc) is 2.47. The van der Waals surface area contributed by atoms with Crippen LogP contribution in [0.25, 0.3) is 0 Å². The van der Waals surface area contributed by atoms with Crippen LogP contribution in [0.2, 0.25) is 6.04 Å². The molecule has 3 nitrogen and oxygen atoms in total. The Labute approximate surface area is 123 Å². The molecule has 0 aliphatic carbocycles. The van der Waals surface area contributed by atoms with E-state index in [4.69, 9.17) is 9.16 Å². The molecule has 1 aromatic carbocycles. The molecule has 0 aromatic heterocycles. The maximum Gasteiger partial charge on any atom is 0.330 e. The van der Waals surface area contributed by atoms with Crippen LogP contribution >= 0.6 is 0 Å². The summed E-state index contributed by atoms with van der Waals surface area (Å²) >= 11 is 0. The number of rotatable bonds is 9. The van der Waals surface area contributed by atoms with Crippen LogP contribution in [-0.2, 0) is 14.0 Å². The third-order valence-electron chi connectivity index (χ3n) is 2.85. The average molecular weight is 292 g/mol. The van der Waals surface area contributed by atoms with Crippen LogP contribution in [0.3, 0.4) is 0 Å². The smallest absolute Gasteiger partial charge is 0.330 e. The van der Waals surface area contributed by atoms with E-state index in [2.05, 4.69) is 31.2 Å². The number of allylic oxidation sites excluding steroid dienone is 1. The summed E-state index contributed by atoms with van der Waals surface area (Å²) in [6.07, 6.45) is 5.03. The normalized spacial score (nSPS) is 12.5. The Morgan fingerprint density at radius 3 is 2.65 bits per heavy atom. The predicted molar refractivity (Wildman–Crippen MR) is 84.7 cm³/mol. The van der Waals surface area contributed by atoms with E-state index < -0.39 is 9.04 Å². The van der Waals surface area contributed by atoms with Gasteiger partial charge in [0.1, 0.15) is 0 Å². The first-order valence-electron chi connectivity index (χ1n) is 7.24. The van der Waals surface area contributed by atoms with Crippen LogP contribution < -0.4 is 5.19 Å². The molecule has 0 bridgehead atoms. The van der Waals surface area contributed by atoms with Gasteiger partial charge in [0.15, 0.2) is 0 Å². The minimum absolute atomic E-state index is 0.264. The Morgan fingerprint density at radius 2 is 2.00 bits per heavy atom. The monoisotopic (exact) mass is 292 g/mol. The minimum Gasteiger partial charge on any atom is -0.463 e. The van der Waals surface area contributed by atoms with Gasteiger partial charge in [-0.1, -0.05) is 43.3 Å². The van der Waals surface area contributed by atoms with Crippen molar-refractivity contribution in [3.8, 4) is 0 Å². The van der Waals surface area contributed by atoms with Crippen molar-refractivity contribution >= 4 is 20.2 Å². The number of hydrogen-bond donors (Lipinski definition) is 0. The van der Waals surface area contributed by atoms with Crippen LogP contribution in [-0.4, -0.2) is 28.2 Å². The molecule has 0 aliphatic heterocycles. The van der Waals surface area contributed by atoms with Crippen molar-refractivity contribution in [2.75, 3.05) is 13.2 Å². The molecule has 0 aliphatic rings. The number of benzene rings is 1. The van der Waals surface area contributed by atoms with E-state index in [0.29, 0.717) is 6.61 Å². The van der Waals surface area contributed by atoms with Crippen molar-refractivity contribution < 1.29 is 14.0 Å². The van der Waals surface area contributed by atoms with Crippen molar-refractivity contribution in [2.24, 2.45) is 0 Å². The first-order valence-corrected chi connectivity index (χ1v) is 9.10. The molecule has 110 valence electrons. The lowest BCUT2D eigenvalue weighted by atomic mass is 10.4. The van der Waals surface area contributed by atoms with E-state index in [9.17, 15) is 4.79 Å². The van der Waals surface area contributed by atoms with E-state index in [1.807, 2.05) is 6.07 Å². The number of ether oxygens (including phenoxy) is 1. The Morgan fingerprint density at radius 1 is 1.25 bits per heavy atom. The van der Waals surface area contributed by atoms with E-state index in [1.165, 1.54) is 11.3 Å². The van der Waals surface area contributed by atoms with Crippen molar-refractivity contribution in [3.63, 3.8) is 0 Å². The fourth-order valence-electron chi connectivity index (χ4n) is 1.90. The standard InChI is InChI=1S/C16H24O3Si/c1-3-9-16(17)18-13-8-14-20(19-12-4-2)15-10-6-5-7-11-15/h3,5-7,9-11,20H,4,8,12-14H2,1-2H3. The van der Waals surface area contributed by atoms with Gasteiger partial charge >= 0.3 is 5.97 Å². The molecule has 0 N–H and O–H groups in total. The van der Waals surface area contributed by atoms with Crippen LogP contribution in [0.1, 0.15) is 26.7 Å². The predicted octanol–water partition coefficient (Wildman–Crippen LogP) is 2.55. The molecule has 0 radical (unpaired) electrons. The van der Waals surface area contributed by atoms with E-state index in [0.717, 1.165) is 25.5 Å². The van der Waals surface area contributed by atoms with Gasteiger partial charge in [-0.25, -0.2) is 4.79 Å². The Kier molecular flexibility index (Phi) is 8.66. The topological polar surface area (TPSA) is 35.5 Å². The second-order valence-corrected chi connectivity index (χ2v) is 7.13. The van der Waals surface area contributed by atoms with Gasteiger partial charge in [-0.05, 0) is 31.0 Å². The third kappa shape index (κ3) is 6.68. The summed E-state index contributed by atoms with van der Waals surface area (Å²) < 4.78 is 11.1. The van der Waals surface area contributed by atoms with Crippen LogP contribution in [0.4, 0.5) is 0 Å². The quantitative estimate of drug-likeness (QED) is 0.304. The van der Waals surface area contributed by atoms with Crippen LogP contribution in [0.15, 0.2) is 42.5 Å². The molecule has 0 amide bonds. The van der Waals surface area contributed by atoms with Gasteiger partial charge in [0.05, 0.1) is 6.61 Å². The second-order valence-electron chi connectivity index (χ2n) is 4.58. The summed E-state index contributed by atoms with van der Waals surface area (Å²) in [6, 6.07) is 11.4. The highest BCUT2D eigenvalue weighted by atomic mass is 28.3. The highest BCUT2D eigenvalue weighted by molar-refractivity contribution is 6.67. The van der Waals surface area contributed by atoms with E-state index in [-0.39, 0.29) is 5.97 Å². The SMILES string of the molecule is CC=CC(=O)OCCC[SiH](OCCC)c1ccccc1. The van der Waals surface area contributed by atoms with Crippen LogP contribution in [0, 0.1) is 0 Å². The van der Waals surface area contributed by atoms with E-state index >= 15 is 0 Å². The fourth-order valence-corrected chi connectivity index (χ4v) is 4.30. The molecule has 0 saturated heterocycles. The van der Waals surface area contributed by atoms with Crippen molar-refractivity contribution in [1.29, 1.82) is 0 Å². The highest BCUT2D eigenvalue weighted by Gasteiger charge is 2.14. The lowest BCUT2D eigenvalue weighted by Gasteiger charge is -2.16. The third-order valence-corrected chi connectivity index (χ3v) is 5.55. The molecule has 1 unspecified atom stereocenters. The number of carbonyl (C=O) groups excluding carboxylic acids is 1. The zero-order valence-electron chi connectivity index (χ0n) is 12.4. The fraction of sp³-hybridized carbons (Fsp3) is 0.438. The Hall–Kier alpha value is -1.39. The highest BCUT2D eigenvalue weighted by Crippen LogP contribution is 2.03. The van der Waals surface area contributed by atoms with Gasteiger partial charge in [-0.2, -0.15) is 0 Å². The van der Waals surface area contributed by atoms with Crippen molar-refractivity contribution in [3.05, 3.63) is 42.5 Å². The zero-order chi connectivity index (χ0) is 14.6. The Bertz CT molecular complexity index is 403. The number of carbonyl (C=O) groups is 1. The number of esters is 1. The largest absolute Gasteiger partial charge is 0.463 e. The summed E-state index contributed by atoms with van der Waals surface area (Å²) in [5.41, 5.74) is 0. The lowest BCUT2D eigenvalue weighted by molar-refractivity contribution is -0.137. The van der Waals surface area contributed by atoms with Crippen molar-refractivity contribution in [2.45, 2.75) is 32.7 Å². The summed E-state index contributed by atoms with van der Waals surface area (Å²) in [5.74, 6) is -0.264. The molecule has 4 heteroatoms. The van der Waals surface area contributed by atoms with Gasteiger partial charge in [0, 0.05) is 12.7 Å². The molecule has 0 saturated carbocycles. The summed E-state index contributed by atoms with van der Waals surface area (Å²) in [4.78, 5) is 11.2. The molecule has 0 fully saturated rings. The summed E-state index contributed by atoms with van der Waals surface area (Å²) in [7, 11) is -1.40.